The van der Waals surface area contributed by atoms with E-state index in [9.17, 15) is 18.0 Å². The van der Waals surface area contributed by atoms with Crippen LogP contribution in [0.4, 0.5) is 24.5 Å². The normalized spacial score (nSPS) is 14.9. The second-order valence-corrected chi connectivity index (χ2v) is 7.23. The number of hydrogen-bond donors (Lipinski definition) is 1. The number of hydrogen-bond acceptors (Lipinski definition) is 3. The lowest BCUT2D eigenvalue weighted by molar-refractivity contribution is -0.136. The number of ether oxygens (including phenoxy) is 1. The minimum atomic E-state index is -4.62. The first kappa shape index (κ1) is 20.0. The molecule has 1 N–H and O–H groups in total. The Morgan fingerprint density at radius 1 is 1.15 bits per heavy atom. The van der Waals surface area contributed by atoms with Gasteiger partial charge in [-0.2, -0.15) is 13.2 Å². The zero-order valence-electron chi connectivity index (χ0n) is 13.9. The Bertz CT molecular complexity index is 855. The summed E-state index contributed by atoms with van der Waals surface area (Å²) in [5, 5.41) is 2.46. The van der Waals surface area contributed by atoms with Crippen molar-refractivity contribution in [3.63, 3.8) is 0 Å². The van der Waals surface area contributed by atoms with Crippen LogP contribution in [-0.2, 0) is 10.9 Å². The predicted octanol–water partition coefficient (Wildman–Crippen LogP) is 5.21. The maximum absolute atomic E-state index is 13.6. The van der Waals surface area contributed by atoms with Crippen molar-refractivity contribution in [3.8, 4) is 0 Å². The summed E-state index contributed by atoms with van der Waals surface area (Å²) in [6, 6.07) is 8.40. The fourth-order valence-electron chi connectivity index (χ4n) is 2.76. The summed E-state index contributed by atoms with van der Waals surface area (Å²) in [4.78, 5) is 14.2. The van der Waals surface area contributed by atoms with Crippen molar-refractivity contribution in [2.24, 2.45) is 0 Å². The van der Waals surface area contributed by atoms with Gasteiger partial charge in [0.1, 0.15) is 0 Å². The van der Waals surface area contributed by atoms with Crippen LogP contribution < -0.4 is 10.2 Å². The molecule has 0 spiro atoms. The number of alkyl halides is 3. The standard InChI is InChI=1S/C18H15BrClF3N2O2/c19-11-1-3-13(15(20)9-11)17(26)24-16-4-2-12(10-14(16)18(21,22)23)25-5-7-27-8-6-25/h1-4,9-10H,5-8H2,(H,24,26). The SMILES string of the molecule is O=C(Nc1ccc(N2CCOCC2)cc1C(F)(F)F)c1ccc(Br)cc1Cl. The van der Waals surface area contributed by atoms with Crippen LogP contribution in [0.3, 0.4) is 0 Å². The van der Waals surface area contributed by atoms with E-state index < -0.39 is 17.6 Å². The smallest absolute Gasteiger partial charge is 0.378 e. The molecule has 4 nitrogen and oxygen atoms in total. The molecule has 1 saturated heterocycles. The average Bonchev–Trinajstić information content (AvgIpc) is 2.61. The first-order valence-electron chi connectivity index (χ1n) is 8.06. The number of carbonyl (C=O) groups excluding carboxylic acids is 1. The van der Waals surface area contributed by atoms with E-state index in [0.717, 1.165) is 6.07 Å². The lowest BCUT2D eigenvalue weighted by Crippen LogP contribution is -2.36. The molecule has 0 aliphatic carbocycles. The highest BCUT2D eigenvalue weighted by atomic mass is 79.9. The van der Waals surface area contributed by atoms with Gasteiger partial charge in [-0.05, 0) is 36.4 Å². The van der Waals surface area contributed by atoms with Gasteiger partial charge < -0.3 is 15.0 Å². The zero-order chi connectivity index (χ0) is 19.6. The molecule has 0 bridgehead atoms. The molecule has 0 saturated carbocycles. The maximum atomic E-state index is 13.6. The Morgan fingerprint density at radius 3 is 2.48 bits per heavy atom. The summed E-state index contributed by atoms with van der Waals surface area (Å²) in [6.45, 7) is 1.94. The number of nitrogens with zero attached hydrogens (tertiary/aromatic N) is 1. The molecule has 27 heavy (non-hydrogen) atoms. The molecule has 9 heteroatoms. The Morgan fingerprint density at radius 2 is 1.85 bits per heavy atom. The fraction of sp³-hybridized carbons (Fsp3) is 0.278. The van der Waals surface area contributed by atoms with Gasteiger partial charge in [0, 0.05) is 23.2 Å². The second-order valence-electron chi connectivity index (χ2n) is 5.91. The van der Waals surface area contributed by atoms with E-state index >= 15 is 0 Å². The number of rotatable bonds is 3. The third-order valence-corrected chi connectivity index (χ3v) is 4.91. The molecule has 0 unspecified atom stereocenters. The van der Waals surface area contributed by atoms with Gasteiger partial charge in [0.05, 0.1) is 35.1 Å². The summed E-state index contributed by atoms with van der Waals surface area (Å²) >= 11 is 9.23. The van der Waals surface area contributed by atoms with Crippen LogP contribution in [0.15, 0.2) is 40.9 Å². The molecule has 0 atom stereocenters. The molecule has 1 heterocycles. The molecule has 1 fully saturated rings. The summed E-state index contributed by atoms with van der Waals surface area (Å²) in [6.07, 6.45) is -4.62. The summed E-state index contributed by atoms with van der Waals surface area (Å²) in [5.41, 5.74) is -0.702. The lowest BCUT2D eigenvalue weighted by atomic mass is 10.1. The van der Waals surface area contributed by atoms with Crippen LogP contribution in [0, 0.1) is 0 Å². The molecular formula is C18H15BrClF3N2O2. The van der Waals surface area contributed by atoms with Crippen LogP contribution in [-0.4, -0.2) is 32.2 Å². The Balaban J connectivity index is 1.91. The fourth-order valence-corrected chi connectivity index (χ4v) is 3.52. The molecule has 3 rings (SSSR count). The number of morpholine rings is 1. The Kier molecular flexibility index (Phi) is 5.98. The van der Waals surface area contributed by atoms with E-state index in [0.29, 0.717) is 36.5 Å². The van der Waals surface area contributed by atoms with Gasteiger partial charge in [0.25, 0.3) is 5.91 Å². The number of nitrogens with one attached hydrogen (secondary N) is 1. The van der Waals surface area contributed by atoms with Gasteiger partial charge in [-0.15, -0.1) is 0 Å². The summed E-state index contributed by atoms with van der Waals surface area (Å²) < 4.78 is 46.6. The number of carbonyl (C=O) groups is 1. The molecule has 1 aliphatic heterocycles. The number of benzene rings is 2. The summed E-state index contributed by atoms with van der Waals surface area (Å²) in [5.74, 6) is -0.711. The highest BCUT2D eigenvalue weighted by Gasteiger charge is 2.35. The lowest BCUT2D eigenvalue weighted by Gasteiger charge is -2.29. The van der Waals surface area contributed by atoms with Gasteiger partial charge in [0.2, 0.25) is 0 Å². The van der Waals surface area contributed by atoms with Gasteiger partial charge in [0.15, 0.2) is 0 Å². The van der Waals surface area contributed by atoms with E-state index in [4.69, 9.17) is 16.3 Å². The minimum Gasteiger partial charge on any atom is -0.378 e. The highest BCUT2D eigenvalue weighted by molar-refractivity contribution is 9.10. The predicted molar refractivity (Wildman–Crippen MR) is 102 cm³/mol. The van der Waals surface area contributed by atoms with E-state index in [2.05, 4.69) is 21.2 Å². The number of halogens is 5. The van der Waals surface area contributed by atoms with Gasteiger partial charge in [-0.25, -0.2) is 0 Å². The van der Waals surface area contributed by atoms with Crippen LogP contribution in [0.2, 0.25) is 5.02 Å². The van der Waals surface area contributed by atoms with Crippen molar-refractivity contribution in [2.45, 2.75) is 6.18 Å². The maximum Gasteiger partial charge on any atom is 0.418 e. The molecule has 0 radical (unpaired) electrons. The van der Waals surface area contributed by atoms with Gasteiger partial charge in [-0.3, -0.25) is 4.79 Å². The molecule has 2 aromatic rings. The third kappa shape index (κ3) is 4.75. The Hall–Kier alpha value is -1.77. The first-order chi connectivity index (χ1) is 12.8. The first-order valence-corrected chi connectivity index (χ1v) is 9.23. The topological polar surface area (TPSA) is 41.6 Å². The van der Waals surface area contributed by atoms with Gasteiger partial charge in [-0.1, -0.05) is 27.5 Å². The van der Waals surface area contributed by atoms with E-state index in [1.807, 2.05) is 4.90 Å². The molecule has 1 amide bonds. The van der Waals surface area contributed by atoms with Crippen molar-refractivity contribution in [1.82, 2.24) is 0 Å². The van der Waals surface area contributed by atoms with Crippen molar-refractivity contribution >= 4 is 44.8 Å². The molecule has 144 valence electrons. The van der Waals surface area contributed by atoms with Crippen LogP contribution in [0.25, 0.3) is 0 Å². The second kappa shape index (κ2) is 8.08. The molecule has 2 aromatic carbocycles. The van der Waals surface area contributed by atoms with E-state index in [-0.39, 0.29) is 16.3 Å². The van der Waals surface area contributed by atoms with Crippen LogP contribution >= 0.6 is 27.5 Å². The third-order valence-electron chi connectivity index (χ3n) is 4.11. The largest absolute Gasteiger partial charge is 0.418 e. The van der Waals surface area contributed by atoms with Crippen molar-refractivity contribution in [3.05, 3.63) is 57.0 Å². The zero-order valence-corrected chi connectivity index (χ0v) is 16.3. The summed E-state index contributed by atoms with van der Waals surface area (Å²) in [7, 11) is 0. The molecule has 0 aromatic heterocycles. The Labute approximate surface area is 167 Å². The van der Waals surface area contributed by atoms with Crippen LogP contribution in [0.5, 0.6) is 0 Å². The van der Waals surface area contributed by atoms with Crippen molar-refractivity contribution in [2.75, 3.05) is 36.5 Å². The average molecular weight is 464 g/mol. The molecular weight excluding hydrogens is 449 g/mol. The van der Waals surface area contributed by atoms with Crippen molar-refractivity contribution < 1.29 is 22.7 Å². The number of amides is 1. The molecule has 1 aliphatic rings. The van der Waals surface area contributed by atoms with E-state index in [1.54, 1.807) is 12.1 Å². The highest BCUT2D eigenvalue weighted by Crippen LogP contribution is 2.38. The van der Waals surface area contributed by atoms with Crippen LogP contribution in [0.1, 0.15) is 15.9 Å². The van der Waals surface area contributed by atoms with Crippen molar-refractivity contribution in [1.29, 1.82) is 0 Å². The monoisotopic (exact) mass is 462 g/mol. The number of anilines is 2. The van der Waals surface area contributed by atoms with E-state index in [1.165, 1.54) is 18.2 Å². The minimum absolute atomic E-state index is 0.0882. The quantitative estimate of drug-likeness (QED) is 0.679. The van der Waals surface area contributed by atoms with Gasteiger partial charge >= 0.3 is 6.18 Å².